The highest BCUT2D eigenvalue weighted by Crippen LogP contribution is 2.24. The van der Waals surface area contributed by atoms with E-state index in [1.165, 1.54) is 0 Å². The van der Waals surface area contributed by atoms with Crippen molar-refractivity contribution >= 4 is 28.8 Å². The molecule has 3 aromatic rings. The summed E-state index contributed by atoms with van der Waals surface area (Å²) in [6.45, 7) is 3.98. The SMILES string of the molecule is Cc1ccc(C(=O)CCC(=O)Nc2cc(-c3cccs3)[nH]n2)cc1C. The smallest absolute Gasteiger partial charge is 0.226 e. The molecule has 0 saturated carbocycles. The number of nitrogens with one attached hydrogen (secondary N) is 2. The summed E-state index contributed by atoms with van der Waals surface area (Å²) in [4.78, 5) is 25.3. The fourth-order valence-corrected chi connectivity index (χ4v) is 3.13. The molecule has 2 N–H and O–H groups in total. The van der Waals surface area contributed by atoms with E-state index in [2.05, 4.69) is 15.5 Å². The molecule has 25 heavy (non-hydrogen) atoms. The molecule has 0 aliphatic heterocycles. The zero-order valence-corrected chi connectivity index (χ0v) is 14.9. The van der Waals surface area contributed by atoms with Crippen LogP contribution in [0.4, 0.5) is 5.82 Å². The van der Waals surface area contributed by atoms with Crippen LogP contribution < -0.4 is 5.32 Å². The lowest BCUT2D eigenvalue weighted by atomic mass is 10.0. The molecule has 0 saturated heterocycles. The minimum absolute atomic E-state index is 0.0282. The lowest BCUT2D eigenvalue weighted by Gasteiger charge is -2.05. The van der Waals surface area contributed by atoms with E-state index in [-0.39, 0.29) is 24.5 Å². The predicted octanol–water partition coefficient (Wildman–Crippen LogP) is 4.36. The molecule has 0 bridgehead atoms. The van der Waals surface area contributed by atoms with Gasteiger partial charge in [-0.05, 0) is 42.5 Å². The molecular formula is C19H19N3O2S. The van der Waals surface area contributed by atoms with Crippen molar-refractivity contribution in [3.8, 4) is 10.6 Å². The maximum absolute atomic E-state index is 12.2. The lowest BCUT2D eigenvalue weighted by molar-refractivity contribution is -0.116. The first-order valence-corrected chi connectivity index (χ1v) is 8.90. The van der Waals surface area contributed by atoms with Crippen LogP contribution >= 0.6 is 11.3 Å². The van der Waals surface area contributed by atoms with E-state index in [0.29, 0.717) is 11.4 Å². The number of rotatable bonds is 6. The second-order valence-electron chi connectivity index (χ2n) is 5.91. The van der Waals surface area contributed by atoms with Gasteiger partial charge in [0.25, 0.3) is 0 Å². The summed E-state index contributed by atoms with van der Waals surface area (Å²) in [5.74, 6) is 0.216. The Hall–Kier alpha value is -2.73. The number of aryl methyl sites for hydroxylation is 2. The van der Waals surface area contributed by atoms with Gasteiger partial charge in [-0.1, -0.05) is 18.2 Å². The van der Waals surface area contributed by atoms with Crippen molar-refractivity contribution in [3.63, 3.8) is 0 Å². The van der Waals surface area contributed by atoms with Crippen LogP contribution in [0.2, 0.25) is 0 Å². The normalized spacial score (nSPS) is 10.6. The van der Waals surface area contributed by atoms with Gasteiger partial charge in [-0.2, -0.15) is 5.10 Å². The van der Waals surface area contributed by atoms with Crippen LogP contribution in [0.15, 0.2) is 41.8 Å². The first-order valence-electron chi connectivity index (χ1n) is 8.02. The van der Waals surface area contributed by atoms with Gasteiger partial charge in [-0.3, -0.25) is 14.7 Å². The van der Waals surface area contributed by atoms with E-state index in [1.807, 2.05) is 49.6 Å². The molecule has 1 aromatic carbocycles. The van der Waals surface area contributed by atoms with Crippen molar-refractivity contribution in [2.24, 2.45) is 0 Å². The van der Waals surface area contributed by atoms with Crippen molar-refractivity contribution < 1.29 is 9.59 Å². The molecule has 128 valence electrons. The van der Waals surface area contributed by atoms with Crippen LogP contribution in [-0.4, -0.2) is 21.9 Å². The fraction of sp³-hybridized carbons (Fsp3) is 0.211. The minimum Gasteiger partial charge on any atom is -0.309 e. The Kier molecular flexibility index (Phi) is 5.09. The van der Waals surface area contributed by atoms with Gasteiger partial charge in [0.2, 0.25) is 5.91 Å². The van der Waals surface area contributed by atoms with Gasteiger partial charge in [-0.25, -0.2) is 0 Å². The molecule has 6 heteroatoms. The number of aromatic amines is 1. The second-order valence-corrected chi connectivity index (χ2v) is 6.86. The summed E-state index contributed by atoms with van der Waals surface area (Å²) in [7, 11) is 0. The third-order valence-electron chi connectivity index (χ3n) is 4.04. The van der Waals surface area contributed by atoms with Crippen molar-refractivity contribution in [2.45, 2.75) is 26.7 Å². The first-order chi connectivity index (χ1) is 12.0. The number of H-pyrrole nitrogens is 1. The topological polar surface area (TPSA) is 74.8 Å². The summed E-state index contributed by atoms with van der Waals surface area (Å²) in [6, 6.07) is 11.3. The average molecular weight is 353 g/mol. The Balaban J connectivity index is 1.54. The number of nitrogens with zero attached hydrogens (tertiary/aromatic N) is 1. The number of carbonyl (C=O) groups excluding carboxylic acids is 2. The van der Waals surface area contributed by atoms with Crippen molar-refractivity contribution in [1.82, 2.24) is 10.2 Å². The molecule has 0 unspecified atom stereocenters. The number of benzene rings is 1. The fourth-order valence-electron chi connectivity index (χ4n) is 2.44. The Bertz CT molecular complexity index is 897. The zero-order valence-electron chi connectivity index (χ0n) is 14.1. The van der Waals surface area contributed by atoms with Crippen LogP contribution in [0.5, 0.6) is 0 Å². The van der Waals surface area contributed by atoms with E-state index in [1.54, 1.807) is 17.4 Å². The third-order valence-corrected chi connectivity index (χ3v) is 4.94. The Morgan fingerprint density at radius 3 is 2.68 bits per heavy atom. The molecule has 2 heterocycles. The summed E-state index contributed by atoms with van der Waals surface area (Å²) in [6.07, 6.45) is 0.309. The molecule has 1 amide bonds. The number of ketones is 1. The maximum atomic E-state index is 12.2. The van der Waals surface area contributed by atoms with Crippen LogP contribution in [0.25, 0.3) is 10.6 Å². The summed E-state index contributed by atoms with van der Waals surface area (Å²) < 4.78 is 0. The van der Waals surface area contributed by atoms with E-state index in [4.69, 9.17) is 0 Å². The van der Waals surface area contributed by atoms with E-state index in [9.17, 15) is 9.59 Å². The first kappa shape index (κ1) is 17.1. The average Bonchev–Trinajstić information content (AvgIpc) is 3.26. The van der Waals surface area contributed by atoms with Crippen LogP contribution in [0.1, 0.15) is 34.3 Å². The van der Waals surface area contributed by atoms with Crippen LogP contribution in [-0.2, 0) is 4.79 Å². The molecule has 0 fully saturated rings. The van der Waals surface area contributed by atoms with Crippen LogP contribution in [0, 0.1) is 13.8 Å². The molecule has 0 radical (unpaired) electrons. The Morgan fingerprint density at radius 2 is 1.96 bits per heavy atom. The number of thiophene rings is 1. The molecule has 0 atom stereocenters. The summed E-state index contributed by atoms with van der Waals surface area (Å²) in [5, 5.41) is 11.7. The minimum atomic E-state index is -0.221. The summed E-state index contributed by atoms with van der Waals surface area (Å²) >= 11 is 1.59. The number of hydrogen-bond donors (Lipinski definition) is 2. The molecule has 5 nitrogen and oxygen atoms in total. The molecule has 2 aromatic heterocycles. The number of amides is 1. The number of aromatic nitrogens is 2. The highest BCUT2D eigenvalue weighted by Gasteiger charge is 2.12. The number of Topliss-reactive ketones (excluding diaryl/α,β-unsaturated/α-hetero) is 1. The van der Waals surface area contributed by atoms with Crippen molar-refractivity contribution in [3.05, 3.63) is 58.5 Å². The molecule has 0 spiro atoms. The molecular weight excluding hydrogens is 334 g/mol. The van der Waals surface area contributed by atoms with Gasteiger partial charge in [0, 0.05) is 24.5 Å². The molecule has 0 aliphatic carbocycles. The van der Waals surface area contributed by atoms with Gasteiger partial charge < -0.3 is 5.32 Å². The van der Waals surface area contributed by atoms with Gasteiger partial charge in [0.1, 0.15) is 0 Å². The van der Waals surface area contributed by atoms with Gasteiger partial charge >= 0.3 is 0 Å². The van der Waals surface area contributed by atoms with Gasteiger partial charge in [-0.15, -0.1) is 11.3 Å². The number of carbonyl (C=O) groups is 2. The highest BCUT2D eigenvalue weighted by molar-refractivity contribution is 7.13. The zero-order chi connectivity index (χ0) is 17.8. The maximum Gasteiger partial charge on any atom is 0.226 e. The second kappa shape index (κ2) is 7.44. The lowest BCUT2D eigenvalue weighted by Crippen LogP contribution is -2.13. The van der Waals surface area contributed by atoms with E-state index < -0.39 is 0 Å². The number of anilines is 1. The van der Waals surface area contributed by atoms with Gasteiger partial charge in [0.05, 0.1) is 10.6 Å². The largest absolute Gasteiger partial charge is 0.309 e. The Labute approximate surface area is 150 Å². The number of hydrogen-bond acceptors (Lipinski definition) is 4. The molecule has 3 rings (SSSR count). The molecule has 0 aliphatic rings. The Morgan fingerprint density at radius 1 is 1.12 bits per heavy atom. The van der Waals surface area contributed by atoms with Crippen LogP contribution in [0.3, 0.4) is 0 Å². The standard InChI is InChI=1S/C19H19N3O2S/c1-12-5-6-14(10-13(12)2)16(23)7-8-19(24)20-18-11-15(21-22-18)17-4-3-9-25-17/h3-6,9-11H,7-8H2,1-2H3,(H2,20,21,22,24). The quantitative estimate of drug-likeness (QED) is 0.647. The third kappa shape index (κ3) is 4.22. The van der Waals surface area contributed by atoms with E-state index >= 15 is 0 Å². The van der Waals surface area contributed by atoms with Crippen molar-refractivity contribution in [2.75, 3.05) is 5.32 Å². The monoisotopic (exact) mass is 353 g/mol. The highest BCUT2D eigenvalue weighted by atomic mass is 32.1. The van der Waals surface area contributed by atoms with Gasteiger partial charge in [0.15, 0.2) is 11.6 Å². The van der Waals surface area contributed by atoms with E-state index in [0.717, 1.165) is 21.7 Å². The summed E-state index contributed by atoms with van der Waals surface area (Å²) in [5.41, 5.74) is 3.73. The predicted molar refractivity (Wildman–Crippen MR) is 100 cm³/mol. The van der Waals surface area contributed by atoms with Crippen molar-refractivity contribution in [1.29, 1.82) is 0 Å².